The molecule has 0 aromatic carbocycles. The molecule has 1 amide bonds. The van der Waals surface area contributed by atoms with Crippen molar-refractivity contribution < 1.29 is 9.53 Å². The molecule has 0 spiro atoms. The van der Waals surface area contributed by atoms with Crippen molar-refractivity contribution in [2.45, 2.75) is 46.6 Å². The van der Waals surface area contributed by atoms with E-state index in [0.29, 0.717) is 17.8 Å². The van der Waals surface area contributed by atoms with Crippen LogP contribution in [0.4, 0.5) is 4.79 Å². The molecule has 2 unspecified atom stereocenters. The molecule has 0 aromatic heterocycles. The summed E-state index contributed by atoms with van der Waals surface area (Å²) in [5, 5.41) is 0. The summed E-state index contributed by atoms with van der Waals surface area (Å²) >= 11 is 0. The highest BCUT2D eigenvalue weighted by atomic mass is 16.6. The lowest BCUT2D eigenvalue weighted by molar-refractivity contribution is 0.000906. The molecule has 0 saturated carbocycles. The fourth-order valence-corrected chi connectivity index (χ4v) is 2.84. The lowest BCUT2D eigenvalue weighted by Crippen LogP contribution is -2.49. The zero-order chi connectivity index (χ0) is 13.9. The van der Waals surface area contributed by atoms with E-state index in [4.69, 9.17) is 10.5 Å². The number of nitrogens with zero attached hydrogens (tertiary/aromatic N) is 1. The van der Waals surface area contributed by atoms with Crippen LogP contribution >= 0.6 is 0 Å². The maximum absolute atomic E-state index is 12.0. The van der Waals surface area contributed by atoms with E-state index in [1.807, 2.05) is 25.7 Å². The zero-order valence-corrected chi connectivity index (χ0v) is 12.4. The number of carbonyl (C=O) groups is 1. The first-order valence-corrected chi connectivity index (χ1v) is 6.92. The normalized spacial score (nSPS) is 29.2. The van der Waals surface area contributed by atoms with Gasteiger partial charge in [-0.1, -0.05) is 13.8 Å². The number of carbonyl (C=O) groups excluding carboxylic acids is 1. The molecule has 1 aliphatic rings. The van der Waals surface area contributed by atoms with Crippen LogP contribution in [-0.4, -0.2) is 36.2 Å². The highest BCUT2D eigenvalue weighted by molar-refractivity contribution is 5.68. The maximum Gasteiger partial charge on any atom is 0.410 e. The molecule has 4 nitrogen and oxygen atoms in total. The number of likely N-dealkylation sites (tertiary alicyclic amines) is 1. The van der Waals surface area contributed by atoms with Crippen molar-refractivity contribution in [2.75, 3.05) is 19.6 Å². The fourth-order valence-electron chi connectivity index (χ4n) is 2.84. The van der Waals surface area contributed by atoms with Crippen LogP contribution in [0.5, 0.6) is 0 Å². The van der Waals surface area contributed by atoms with Crippen LogP contribution in [0.15, 0.2) is 0 Å². The van der Waals surface area contributed by atoms with Gasteiger partial charge in [-0.05, 0) is 51.5 Å². The number of hydrogen-bond acceptors (Lipinski definition) is 3. The third-order valence-electron chi connectivity index (χ3n) is 3.63. The predicted molar refractivity (Wildman–Crippen MR) is 73.3 cm³/mol. The molecule has 1 fully saturated rings. The van der Waals surface area contributed by atoms with Gasteiger partial charge < -0.3 is 15.4 Å². The van der Waals surface area contributed by atoms with Crippen molar-refractivity contribution in [3.63, 3.8) is 0 Å². The van der Waals surface area contributed by atoms with E-state index < -0.39 is 5.60 Å². The van der Waals surface area contributed by atoms with Gasteiger partial charge in [-0.3, -0.25) is 0 Å². The monoisotopic (exact) mass is 256 g/mol. The smallest absolute Gasteiger partial charge is 0.410 e. The Labute approximate surface area is 111 Å². The number of amides is 1. The molecule has 2 atom stereocenters. The summed E-state index contributed by atoms with van der Waals surface area (Å²) in [6, 6.07) is 0. The van der Waals surface area contributed by atoms with Gasteiger partial charge in [0.25, 0.3) is 0 Å². The number of hydrogen-bond donors (Lipinski definition) is 1. The van der Waals surface area contributed by atoms with Crippen LogP contribution in [-0.2, 0) is 4.74 Å². The van der Waals surface area contributed by atoms with Crippen molar-refractivity contribution in [3.05, 3.63) is 0 Å². The summed E-state index contributed by atoms with van der Waals surface area (Å²) < 4.78 is 5.43. The van der Waals surface area contributed by atoms with Crippen LogP contribution in [0.1, 0.15) is 41.0 Å². The second-order valence-corrected chi connectivity index (χ2v) is 6.58. The summed E-state index contributed by atoms with van der Waals surface area (Å²) in [4.78, 5) is 13.9. The Hall–Kier alpha value is -0.770. The number of ether oxygens (including phenoxy) is 1. The molecule has 1 aliphatic heterocycles. The van der Waals surface area contributed by atoms with Gasteiger partial charge in [0.1, 0.15) is 5.60 Å². The van der Waals surface area contributed by atoms with E-state index in [1.165, 1.54) is 0 Å². The minimum Gasteiger partial charge on any atom is -0.444 e. The summed E-state index contributed by atoms with van der Waals surface area (Å²) in [6.45, 7) is 12.4. The average molecular weight is 256 g/mol. The first-order valence-electron chi connectivity index (χ1n) is 6.92. The van der Waals surface area contributed by atoms with Gasteiger partial charge in [0.2, 0.25) is 0 Å². The number of nitrogens with two attached hydrogens (primary N) is 1. The van der Waals surface area contributed by atoms with E-state index in [1.54, 1.807) is 0 Å². The van der Waals surface area contributed by atoms with Crippen molar-refractivity contribution in [1.29, 1.82) is 0 Å². The highest BCUT2D eigenvalue weighted by Gasteiger charge is 2.34. The predicted octanol–water partition coefficient (Wildman–Crippen LogP) is 2.47. The Kier molecular flexibility index (Phi) is 5.02. The van der Waals surface area contributed by atoms with Gasteiger partial charge in [-0.2, -0.15) is 0 Å². The maximum atomic E-state index is 12.0. The molecule has 1 saturated heterocycles. The molecule has 1 rings (SSSR count). The summed E-state index contributed by atoms with van der Waals surface area (Å²) in [5.41, 5.74) is 5.24. The lowest BCUT2D eigenvalue weighted by atomic mass is 9.77. The van der Waals surface area contributed by atoms with Crippen LogP contribution in [0.3, 0.4) is 0 Å². The van der Waals surface area contributed by atoms with E-state index >= 15 is 0 Å². The fraction of sp³-hybridized carbons (Fsp3) is 0.929. The summed E-state index contributed by atoms with van der Waals surface area (Å²) in [7, 11) is 0. The minimum absolute atomic E-state index is 0.188. The molecule has 18 heavy (non-hydrogen) atoms. The van der Waals surface area contributed by atoms with Crippen LogP contribution < -0.4 is 5.73 Å². The number of piperidine rings is 1. The third kappa shape index (κ3) is 4.16. The molecule has 0 aliphatic carbocycles. The molecule has 0 bridgehead atoms. The Morgan fingerprint density at radius 2 is 1.78 bits per heavy atom. The second-order valence-electron chi connectivity index (χ2n) is 6.58. The molecule has 106 valence electrons. The Morgan fingerprint density at radius 3 is 2.17 bits per heavy atom. The standard InChI is InChI=1S/C14H28N2O2/c1-10-8-16(13(17)18-14(3,4)5)9-11(2)12(10)6-7-15/h10-12H,6-9,15H2,1-5H3. The molecule has 4 heteroatoms. The number of rotatable bonds is 2. The van der Waals surface area contributed by atoms with Crippen molar-refractivity contribution in [2.24, 2.45) is 23.5 Å². The summed E-state index contributed by atoms with van der Waals surface area (Å²) in [6.07, 6.45) is 0.859. The van der Waals surface area contributed by atoms with Gasteiger partial charge in [-0.15, -0.1) is 0 Å². The first kappa shape index (κ1) is 15.3. The lowest BCUT2D eigenvalue weighted by Gasteiger charge is -2.41. The van der Waals surface area contributed by atoms with Gasteiger partial charge in [0.05, 0.1) is 0 Å². The largest absolute Gasteiger partial charge is 0.444 e. The molecular formula is C14H28N2O2. The topological polar surface area (TPSA) is 55.6 Å². The van der Waals surface area contributed by atoms with E-state index in [9.17, 15) is 4.79 Å². The van der Waals surface area contributed by atoms with Crippen LogP contribution in [0, 0.1) is 17.8 Å². The van der Waals surface area contributed by atoms with E-state index in [2.05, 4.69) is 13.8 Å². The van der Waals surface area contributed by atoms with Crippen LogP contribution in [0.2, 0.25) is 0 Å². The van der Waals surface area contributed by atoms with E-state index in [-0.39, 0.29) is 6.09 Å². The third-order valence-corrected chi connectivity index (χ3v) is 3.63. The molecular weight excluding hydrogens is 228 g/mol. The molecule has 2 N–H and O–H groups in total. The van der Waals surface area contributed by atoms with Gasteiger partial charge in [0, 0.05) is 13.1 Å². The minimum atomic E-state index is -0.419. The van der Waals surface area contributed by atoms with Crippen molar-refractivity contribution >= 4 is 6.09 Å². The van der Waals surface area contributed by atoms with Crippen molar-refractivity contribution in [1.82, 2.24) is 4.90 Å². The van der Waals surface area contributed by atoms with Gasteiger partial charge >= 0.3 is 6.09 Å². The highest BCUT2D eigenvalue weighted by Crippen LogP contribution is 2.31. The molecule has 0 radical (unpaired) electrons. The average Bonchev–Trinajstić information content (AvgIpc) is 2.20. The van der Waals surface area contributed by atoms with Crippen LogP contribution in [0.25, 0.3) is 0 Å². The second kappa shape index (κ2) is 5.91. The zero-order valence-electron chi connectivity index (χ0n) is 12.4. The molecule has 0 aromatic rings. The first-order chi connectivity index (χ1) is 8.24. The van der Waals surface area contributed by atoms with Gasteiger partial charge in [0.15, 0.2) is 0 Å². The van der Waals surface area contributed by atoms with E-state index in [0.717, 1.165) is 26.1 Å². The van der Waals surface area contributed by atoms with Crippen molar-refractivity contribution in [3.8, 4) is 0 Å². The summed E-state index contributed by atoms with van der Waals surface area (Å²) in [5.74, 6) is 1.60. The molecule has 1 heterocycles. The quantitative estimate of drug-likeness (QED) is 0.825. The Balaban J connectivity index is 2.59. The Bertz CT molecular complexity index is 274. The SMILES string of the molecule is CC1CN(C(=O)OC(C)(C)C)CC(C)C1CCN. The Morgan fingerprint density at radius 1 is 1.28 bits per heavy atom. The van der Waals surface area contributed by atoms with Gasteiger partial charge in [-0.25, -0.2) is 4.79 Å².